The first-order chi connectivity index (χ1) is 12.4. The molecule has 2 saturated heterocycles. The third-order valence-corrected chi connectivity index (χ3v) is 5.58. The number of fused-ring (bicyclic) bond motifs is 1. The Kier molecular flexibility index (Phi) is 3.06. The zero-order chi connectivity index (χ0) is 18.2. The first kappa shape index (κ1) is 15.8. The third-order valence-electron chi connectivity index (χ3n) is 5.58. The van der Waals surface area contributed by atoms with Gasteiger partial charge in [-0.1, -0.05) is 0 Å². The molecule has 4 heterocycles. The summed E-state index contributed by atoms with van der Waals surface area (Å²) in [6, 6.07) is 1.60. The molecule has 1 unspecified atom stereocenters. The minimum absolute atomic E-state index is 0.186. The van der Waals surface area contributed by atoms with Crippen LogP contribution in [0.25, 0.3) is 5.65 Å². The summed E-state index contributed by atoms with van der Waals surface area (Å²) >= 11 is 0. The molecule has 2 aromatic heterocycles. The van der Waals surface area contributed by atoms with Gasteiger partial charge in [-0.2, -0.15) is 0 Å². The lowest BCUT2D eigenvalue weighted by Crippen LogP contribution is -2.64. The number of pyridine rings is 1. The van der Waals surface area contributed by atoms with Crippen molar-refractivity contribution in [1.82, 2.24) is 14.3 Å². The minimum Gasteiger partial charge on any atom is -0.387 e. The average molecular weight is 356 g/mol. The lowest BCUT2D eigenvalue weighted by atomic mass is 9.95. The zero-order valence-corrected chi connectivity index (χ0v) is 14.7. The molecular formula is C18H20N4O4. The zero-order valence-electron chi connectivity index (χ0n) is 14.7. The van der Waals surface area contributed by atoms with Crippen molar-refractivity contribution in [2.24, 2.45) is 0 Å². The Hall–Kier alpha value is -2.45. The molecule has 0 radical (unpaired) electrons. The summed E-state index contributed by atoms with van der Waals surface area (Å²) in [4.78, 5) is 32.8. The van der Waals surface area contributed by atoms with E-state index < -0.39 is 11.6 Å². The highest BCUT2D eigenvalue weighted by Crippen LogP contribution is 2.45. The van der Waals surface area contributed by atoms with E-state index in [4.69, 9.17) is 4.74 Å². The molecule has 3 aliphatic rings. The van der Waals surface area contributed by atoms with E-state index in [0.717, 1.165) is 23.3 Å². The second-order valence-corrected chi connectivity index (χ2v) is 7.51. The smallest absolute Gasteiger partial charge is 0.332 e. The van der Waals surface area contributed by atoms with Crippen LogP contribution in [0.3, 0.4) is 0 Å². The van der Waals surface area contributed by atoms with Crippen LogP contribution in [0.5, 0.6) is 0 Å². The molecule has 5 rings (SSSR count). The number of imide groups is 1. The number of hydrogen-bond acceptors (Lipinski definition) is 5. The SMILES string of the molecule is CC(O)c1cn2cc(C3CC3)cc(N3C(=O)N(C)C(=O)C34COC4)c2n1. The van der Waals surface area contributed by atoms with Crippen molar-refractivity contribution in [3.63, 3.8) is 0 Å². The highest BCUT2D eigenvalue weighted by molar-refractivity contribution is 6.18. The number of carbonyl (C=O) groups is 2. The lowest BCUT2D eigenvalue weighted by Gasteiger charge is -2.41. The number of hydrogen-bond donors (Lipinski definition) is 1. The van der Waals surface area contributed by atoms with Gasteiger partial charge in [0.25, 0.3) is 5.91 Å². The number of ether oxygens (including phenoxy) is 1. The number of rotatable bonds is 3. The molecule has 8 heteroatoms. The van der Waals surface area contributed by atoms with Crippen molar-refractivity contribution in [2.75, 3.05) is 25.2 Å². The number of anilines is 1. The molecule has 1 atom stereocenters. The number of aliphatic hydroxyl groups is 1. The second kappa shape index (κ2) is 5.05. The van der Waals surface area contributed by atoms with Crippen molar-refractivity contribution in [2.45, 2.75) is 37.3 Å². The van der Waals surface area contributed by atoms with Gasteiger partial charge in [0, 0.05) is 19.4 Å². The maximum atomic E-state index is 12.9. The van der Waals surface area contributed by atoms with E-state index in [1.807, 2.05) is 16.7 Å². The van der Waals surface area contributed by atoms with Gasteiger partial charge in [-0.15, -0.1) is 0 Å². The molecule has 1 aliphatic carbocycles. The Morgan fingerprint density at radius 1 is 1.31 bits per heavy atom. The Morgan fingerprint density at radius 3 is 2.62 bits per heavy atom. The van der Waals surface area contributed by atoms with Crippen LogP contribution in [-0.2, 0) is 9.53 Å². The van der Waals surface area contributed by atoms with Crippen molar-refractivity contribution in [1.29, 1.82) is 0 Å². The fourth-order valence-electron chi connectivity index (χ4n) is 3.84. The van der Waals surface area contributed by atoms with Gasteiger partial charge in [0.15, 0.2) is 11.2 Å². The standard InChI is InChI=1S/C18H20N4O4/c1-10(23)13-7-21-6-12(11-3-4-11)5-14(15(21)19-13)22-17(25)20(2)16(24)18(22)8-26-9-18/h5-7,10-11,23H,3-4,8-9H2,1-2H3. The van der Waals surface area contributed by atoms with Gasteiger partial charge in [-0.05, 0) is 37.3 Å². The van der Waals surface area contributed by atoms with Crippen LogP contribution in [-0.4, -0.2) is 57.1 Å². The first-order valence-electron chi connectivity index (χ1n) is 8.83. The van der Waals surface area contributed by atoms with Gasteiger partial charge < -0.3 is 14.2 Å². The Balaban J connectivity index is 1.74. The van der Waals surface area contributed by atoms with Crippen LogP contribution in [0.4, 0.5) is 10.5 Å². The molecular weight excluding hydrogens is 336 g/mol. The fraction of sp³-hybridized carbons (Fsp3) is 0.500. The molecule has 136 valence electrons. The Labute approximate surface area is 150 Å². The van der Waals surface area contributed by atoms with Crippen LogP contribution >= 0.6 is 0 Å². The summed E-state index contributed by atoms with van der Waals surface area (Å²) in [5.41, 5.74) is 1.84. The van der Waals surface area contributed by atoms with Crippen molar-refractivity contribution in [3.05, 3.63) is 29.7 Å². The van der Waals surface area contributed by atoms with Crippen LogP contribution in [0.1, 0.15) is 43.0 Å². The molecule has 2 aromatic rings. The van der Waals surface area contributed by atoms with E-state index in [9.17, 15) is 14.7 Å². The molecule has 1 spiro atoms. The maximum Gasteiger partial charge on any atom is 0.332 e. The molecule has 8 nitrogen and oxygen atoms in total. The maximum absolute atomic E-state index is 12.9. The molecule has 26 heavy (non-hydrogen) atoms. The van der Waals surface area contributed by atoms with Crippen LogP contribution in [0, 0.1) is 0 Å². The van der Waals surface area contributed by atoms with E-state index in [0.29, 0.717) is 22.9 Å². The van der Waals surface area contributed by atoms with Gasteiger partial charge in [-0.25, -0.2) is 9.78 Å². The predicted octanol–water partition coefficient (Wildman–Crippen LogP) is 1.43. The van der Waals surface area contributed by atoms with Crippen LogP contribution < -0.4 is 4.90 Å². The van der Waals surface area contributed by atoms with E-state index in [1.54, 1.807) is 18.0 Å². The van der Waals surface area contributed by atoms with Gasteiger partial charge in [0.05, 0.1) is 30.7 Å². The summed E-state index contributed by atoms with van der Waals surface area (Å²) < 4.78 is 7.17. The largest absolute Gasteiger partial charge is 0.387 e. The fourth-order valence-corrected chi connectivity index (χ4v) is 3.84. The number of aliphatic hydroxyl groups excluding tert-OH is 1. The Morgan fingerprint density at radius 2 is 2.04 bits per heavy atom. The molecule has 2 aliphatic heterocycles. The number of amides is 3. The monoisotopic (exact) mass is 356 g/mol. The Bertz CT molecular complexity index is 942. The van der Waals surface area contributed by atoms with Crippen molar-refractivity contribution >= 4 is 23.3 Å². The van der Waals surface area contributed by atoms with Crippen LogP contribution in [0.15, 0.2) is 18.5 Å². The lowest BCUT2D eigenvalue weighted by molar-refractivity contribution is -0.144. The average Bonchev–Trinajstić information content (AvgIpc) is 3.29. The summed E-state index contributed by atoms with van der Waals surface area (Å²) in [6.45, 7) is 2.03. The topological polar surface area (TPSA) is 87.4 Å². The molecule has 1 N–H and O–H groups in total. The summed E-state index contributed by atoms with van der Waals surface area (Å²) in [5, 5.41) is 9.93. The highest BCUT2D eigenvalue weighted by atomic mass is 16.5. The normalized spacial score (nSPS) is 23.2. The summed E-state index contributed by atoms with van der Waals surface area (Å²) in [6.07, 6.45) is 5.30. The van der Waals surface area contributed by atoms with Crippen LogP contribution in [0.2, 0.25) is 0 Å². The first-order valence-corrected chi connectivity index (χ1v) is 8.83. The van der Waals surface area contributed by atoms with E-state index in [2.05, 4.69) is 4.98 Å². The third kappa shape index (κ3) is 1.94. The number of urea groups is 1. The molecule has 0 aromatic carbocycles. The minimum atomic E-state index is -0.981. The van der Waals surface area contributed by atoms with Gasteiger partial charge in [-0.3, -0.25) is 14.6 Å². The summed E-state index contributed by atoms with van der Waals surface area (Å²) in [5.74, 6) is 0.223. The summed E-state index contributed by atoms with van der Waals surface area (Å²) in [7, 11) is 1.50. The number of imidazole rings is 1. The van der Waals surface area contributed by atoms with Crippen molar-refractivity contribution < 1.29 is 19.4 Å². The molecule has 1 saturated carbocycles. The van der Waals surface area contributed by atoms with E-state index in [1.165, 1.54) is 7.05 Å². The number of carbonyl (C=O) groups excluding carboxylic acids is 2. The number of nitrogens with zero attached hydrogens (tertiary/aromatic N) is 4. The van der Waals surface area contributed by atoms with E-state index >= 15 is 0 Å². The molecule has 0 bridgehead atoms. The van der Waals surface area contributed by atoms with Gasteiger partial charge in [0.2, 0.25) is 0 Å². The molecule has 3 amide bonds. The quantitative estimate of drug-likeness (QED) is 0.841. The van der Waals surface area contributed by atoms with Gasteiger partial charge in [0.1, 0.15) is 0 Å². The van der Waals surface area contributed by atoms with Crippen molar-refractivity contribution in [3.8, 4) is 0 Å². The van der Waals surface area contributed by atoms with Gasteiger partial charge >= 0.3 is 6.03 Å². The molecule has 3 fully saturated rings. The van der Waals surface area contributed by atoms with E-state index in [-0.39, 0.29) is 25.2 Å². The number of likely N-dealkylation sites (N-methyl/N-ethyl adjacent to an activating group) is 1. The number of aromatic nitrogens is 2. The highest BCUT2D eigenvalue weighted by Gasteiger charge is 2.62. The predicted molar refractivity (Wildman–Crippen MR) is 92.0 cm³/mol. The second-order valence-electron chi connectivity index (χ2n) is 7.51.